The molecular weight excluding hydrogens is 194 g/mol. The molecule has 0 saturated carbocycles. The Kier molecular flexibility index (Phi) is 4.11. The summed E-state index contributed by atoms with van der Waals surface area (Å²) in [6, 6.07) is 1.84. The van der Waals surface area contributed by atoms with Crippen LogP contribution in [0.1, 0.15) is 19.8 Å². The van der Waals surface area contributed by atoms with Gasteiger partial charge in [-0.05, 0) is 19.8 Å². The number of hydrogen-bond donors (Lipinski definition) is 4. The fourth-order valence-electron chi connectivity index (χ4n) is 1.28. The van der Waals surface area contributed by atoms with Gasteiger partial charge in [0.1, 0.15) is 11.6 Å². The lowest BCUT2D eigenvalue weighted by atomic mass is 10.2. The highest BCUT2D eigenvalue weighted by Gasteiger charge is 2.04. The summed E-state index contributed by atoms with van der Waals surface area (Å²) in [6.45, 7) is 2.20. The van der Waals surface area contributed by atoms with Gasteiger partial charge in [0.25, 0.3) is 0 Å². The maximum absolute atomic E-state index is 8.68. The number of nitrogens with one attached hydrogen (secondary N) is 1. The van der Waals surface area contributed by atoms with Crippen molar-refractivity contribution in [1.29, 1.82) is 0 Å². The lowest BCUT2D eigenvalue weighted by Crippen LogP contribution is -2.17. The Morgan fingerprint density at radius 2 is 2.20 bits per heavy atom. The average molecular weight is 211 g/mol. The van der Waals surface area contributed by atoms with Crippen molar-refractivity contribution < 1.29 is 5.11 Å². The smallest absolute Gasteiger partial charge is 0.223 e. The van der Waals surface area contributed by atoms with Crippen molar-refractivity contribution in [3.05, 3.63) is 6.07 Å². The number of hydrogen-bond acceptors (Lipinski definition) is 6. The predicted octanol–water partition coefficient (Wildman–Crippen LogP) is 0.214. The summed E-state index contributed by atoms with van der Waals surface area (Å²) in [7, 11) is 0. The zero-order valence-corrected chi connectivity index (χ0v) is 8.77. The summed E-state index contributed by atoms with van der Waals surface area (Å²) in [5.41, 5.74) is 11.0. The third-order valence-electron chi connectivity index (χ3n) is 1.95. The van der Waals surface area contributed by atoms with Crippen molar-refractivity contribution >= 4 is 17.6 Å². The Balaban J connectivity index is 2.56. The van der Waals surface area contributed by atoms with Crippen LogP contribution >= 0.6 is 0 Å². The van der Waals surface area contributed by atoms with Gasteiger partial charge in [0.05, 0.1) is 0 Å². The molecule has 1 unspecified atom stereocenters. The van der Waals surface area contributed by atoms with Crippen molar-refractivity contribution in [2.45, 2.75) is 25.8 Å². The lowest BCUT2D eigenvalue weighted by Gasteiger charge is -2.14. The Hall–Kier alpha value is -1.56. The van der Waals surface area contributed by atoms with Crippen LogP contribution in [0.5, 0.6) is 0 Å². The SMILES string of the molecule is CC(CCCO)Nc1cc(N)nc(N)n1. The highest BCUT2D eigenvalue weighted by molar-refractivity contribution is 5.48. The van der Waals surface area contributed by atoms with E-state index in [1.54, 1.807) is 6.07 Å². The summed E-state index contributed by atoms with van der Waals surface area (Å²) in [4.78, 5) is 7.76. The van der Waals surface area contributed by atoms with E-state index in [1.165, 1.54) is 0 Å². The minimum absolute atomic E-state index is 0.159. The molecule has 0 amide bonds. The molecule has 0 bridgehead atoms. The predicted molar refractivity (Wildman–Crippen MR) is 60.3 cm³/mol. The molecule has 1 aromatic heterocycles. The Morgan fingerprint density at radius 3 is 2.80 bits per heavy atom. The summed E-state index contributed by atoms with van der Waals surface area (Å²) >= 11 is 0. The van der Waals surface area contributed by atoms with E-state index in [1.807, 2.05) is 6.92 Å². The average Bonchev–Trinajstić information content (AvgIpc) is 2.13. The van der Waals surface area contributed by atoms with Gasteiger partial charge >= 0.3 is 0 Å². The van der Waals surface area contributed by atoms with E-state index in [9.17, 15) is 0 Å². The molecule has 0 aliphatic rings. The van der Waals surface area contributed by atoms with E-state index in [0.29, 0.717) is 11.6 Å². The second-order valence-electron chi connectivity index (χ2n) is 3.45. The number of anilines is 3. The first-order valence-corrected chi connectivity index (χ1v) is 4.89. The van der Waals surface area contributed by atoms with E-state index in [-0.39, 0.29) is 18.6 Å². The molecule has 84 valence electrons. The maximum atomic E-state index is 8.68. The van der Waals surface area contributed by atoms with E-state index >= 15 is 0 Å². The van der Waals surface area contributed by atoms with Gasteiger partial charge in [0, 0.05) is 18.7 Å². The van der Waals surface area contributed by atoms with Gasteiger partial charge in [-0.25, -0.2) is 0 Å². The van der Waals surface area contributed by atoms with Crippen LogP contribution in [-0.4, -0.2) is 27.7 Å². The van der Waals surface area contributed by atoms with Crippen molar-refractivity contribution in [2.75, 3.05) is 23.4 Å². The highest BCUT2D eigenvalue weighted by Crippen LogP contribution is 2.11. The molecule has 1 atom stereocenters. The minimum atomic E-state index is 0.159. The van der Waals surface area contributed by atoms with Crippen molar-refractivity contribution in [2.24, 2.45) is 0 Å². The quantitative estimate of drug-likeness (QED) is 0.554. The first-order valence-electron chi connectivity index (χ1n) is 4.89. The zero-order chi connectivity index (χ0) is 11.3. The van der Waals surface area contributed by atoms with Gasteiger partial charge in [-0.2, -0.15) is 9.97 Å². The van der Waals surface area contributed by atoms with E-state index < -0.39 is 0 Å². The largest absolute Gasteiger partial charge is 0.396 e. The Labute approximate surface area is 88.7 Å². The van der Waals surface area contributed by atoms with Crippen LogP contribution in [0, 0.1) is 0 Å². The summed E-state index contributed by atoms with van der Waals surface area (Å²) in [5.74, 6) is 1.12. The topological polar surface area (TPSA) is 110 Å². The van der Waals surface area contributed by atoms with Crippen LogP contribution in [0.25, 0.3) is 0 Å². The molecule has 6 nitrogen and oxygen atoms in total. The molecule has 1 aromatic rings. The highest BCUT2D eigenvalue weighted by atomic mass is 16.2. The van der Waals surface area contributed by atoms with Crippen LogP contribution in [-0.2, 0) is 0 Å². The van der Waals surface area contributed by atoms with Gasteiger partial charge in [-0.1, -0.05) is 0 Å². The molecule has 6 heteroatoms. The minimum Gasteiger partial charge on any atom is -0.396 e. The van der Waals surface area contributed by atoms with E-state index in [4.69, 9.17) is 16.6 Å². The summed E-state index contributed by atoms with van der Waals surface area (Å²) in [5, 5.41) is 11.8. The van der Waals surface area contributed by atoms with Gasteiger partial charge in [0.15, 0.2) is 0 Å². The van der Waals surface area contributed by atoms with Crippen LogP contribution < -0.4 is 16.8 Å². The monoisotopic (exact) mass is 211 g/mol. The first kappa shape index (κ1) is 11.5. The van der Waals surface area contributed by atoms with Crippen LogP contribution in [0.3, 0.4) is 0 Å². The van der Waals surface area contributed by atoms with E-state index in [0.717, 1.165) is 12.8 Å². The fraction of sp³-hybridized carbons (Fsp3) is 0.556. The number of aliphatic hydroxyl groups excluding tert-OH is 1. The molecule has 0 radical (unpaired) electrons. The molecule has 0 aromatic carbocycles. The molecular formula is C9H17N5O. The van der Waals surface area contributed by atoms with Crippen LogP contribution in [0.4, 0.5) is 17.6 Å². The maximum Gasteiger partial charge on any atom is 0.223 e. The number of aliphatic hydroxyl groups is 1. The van der Waals surface area contributed by atoms with Gasteiger partial charge < -0.3 is 21.9 Å². The number of aromatic nitrogens is 2. The summed E-state index contributed by atoms with van der Waals surface area (Å²) < 4.78 is 0. The number of rotatable bonds is 5. The molecule has 0 saturated heterocycles. The molecule has 1 heterocycles. The number of nitrogen functional groups attached to an aromatic ring is 2. The van der Waals surface area contributed by atoms with Crippen LogP contribution in [0.2, 0.25) is 0 Å². The van der Waals surface area contributed by atoms with Crippen molar-refractivity contribution in [1.82, 2.24) is 9.97 Å². The molecule has 0 fully saturated rings. The van der Waals surface area contributed by atoms with Crippen molar-refractivity contribution in [3.63, 3.8) is 0 Å². The Morgan fingerprint density at radius 1 is 1.47 bits per heavy atom. The summed E-state index contributed by atoms with van der Waals surface area (Å²) in [6.07, 6.45) is 1.62. The lowest BCUT2D eigenvalue weighted by molar-refractivity contribution is 0.282. The molecule has 1 rings (SSSR count). The van der Waals surface area contributed by atoms with Gasteiger partial charge in [-0.3, -0.25) is 0 Å². The Bertz CT molecular complexity index is 297. The number of nitrogens with zero attached hydrogens (tertiary/aromatic N) is 2. The standard InChI is InChI=1S/C9H17N5O/c1-6(3-2-4-15)12-8-5-7(10)13-9(11)14-8/h5-6,15H,2-4H2,1H3,(H5,10,11,12,13,14). The molecule has 15 heavy (non-hydrogen) atoms. The normalized spacial score (nSPS) is 12.4. The zero-order valence-electron chi connectivity index (χ0n) is 8.77. The van der Waals surface area contributed by atoms with Gasteiger partial charge in [-0.15, -0.1) is 0 Å². The molecule has 0 aliphatic carbocycles. The second-order valence-corrected chi connectivity index (χ2v) is 3.45. The second kappa shape index (κ2) is 5.35. The molecule has 0 spiro atoms. The van der Waals surface area contributed by atoms with Gasteiger partial charge in [0.2, 0.25) is 5.95 Å². The third kappa shape index (κ3) is 3.99. The number of nitrogens with two attached hydrogens (primary N) is 2. The third-order valence-corrected chi connectivity index (χ3v) is 1.95. The van der Waals surface area contributed by atoms with E-state index in [2.05, 4.69) is 15.3 Å². The molecule has 0 aliphatic heterocycles. The fourth-order valence-corrected chi connectivity index (χ4v) is 1.28. The van der Waals surface area contributed by atoms with Crippen LogP contribution in [0.15, 0.2) is 6.07 Å². The molecule has 6 N–H and O–H groups in total. The first-order chi connectivity index (χ1) is 7.11. The van der Waals surface area contributed by atoms with Crippen molar-refractivity contribution in [3.8, 4) is 0 Å².